The topological polar surface area (TPSA) is 85.4 Å². The molecule has 0 spiro atoms. The van der Waals surface area contributed by atoms with Gasteiger partial charge in [0.05, 0.1) is 31.7 Å². The van der Waals surface area contributed by atoms with Crippen LogP contribution in [0.5, 0.6) is 17.2 Å². The number of thiophene rings is 1. The second kappa shape index (κ2) is 12.8. The summed E-state index contributed by atoms with van der Waals surface area (Å²) in [7, 11) is -0.784. The van der Waals surface area contributed by atoms with Crippen LogP contribution in [0.15, 0.2) is 64.9 Å². The highest BCUT2D eigenvalue weighted by atomic mass is 32.2. The van der Waals surface area contributed by atoms with Crippen molar-refractivity contribution in [2.24, 2.45) is 5.92 Å². The first-order valence-corrected chi connectivity index (χ1v) is 15.3. The summed E-state index contributed by atoms with van der Waals surface area (Å²) in [5.41, 5.74) is 1.04. The second-order valence-corrected chi connectivity index (χ2v) is 12.7. The van der Waals surface area contributed by atoms with Gasteiger partial charge in [0.25, 0.3) is 0 Å². The third-order valence-electron chi connectivity index (χ3n) is 6.85. The number of benzene rings is 2. The third kappa shape index (κ3) is 6.74. The van der Waals surface area contributed by atoms with Crippen LogP contribution in [0.4, 0.5) is 0 Å². The fourth-order valence-corrected chi connectivity index (χ4v) is 6.94. The van der Waals surface area contributed by atoms with E-state index in [1.54, 1.807) is 35.5 Å². The van der Waals surface area contributed by atoms with Crippen LogP contribution in [0.1, 0.15) is 36.8 Å². The zero-order valence-electron chi connectivity index (χ0n) is 22.8. The van der Waals surface area contributed by atoms with Gasteiger partial charge in [-0.25, -0.2) is 8.42 Å². The van der Waals surface area contributed by atoms with E-state index in [2.05, 4.69) is 0 Å². The summed E-state index contributed by atoms with van der Waals surface area (Å²) in [6.07, 6.45) is 1.36. The number of hydrogen-bond acceptors (Lipinski definition) is 7. The van der Waals surface area contributed by atoms with Crippen molar-refractivity contribution in [3.8, 4) is 17.2 Å². The fraction of sp³-hybridized carbons (Fsp3) is 0.414. The minimum atomic E-state index is -3.90. The van der Waals surface area contributed by atoms with Gasteiger partial charge in [-0.05, 0) is 72.2 Å². The predicted molar refractivity (Wildman–Crippen MR) is 152 cm³/mol. The normalized spacial score (nSPS) is 15.3. The predicted octanol–water partition coefficient (Wildman–Crippen LogP) is 5.01. The number of carbonyl (C=O) groups is 1. The smallest absolute Gasteiger partial charge is 0.243 e. The number of carbonyl (C=O) groups excluding carboxylic acids is 1. The standard InChI is InChI=1S/C29H36N2O6S2/c1-21(2)13-16-30(39(33,34)23-11-9-22(35-3)10-12-23)19-29(32)31-17-14-28-24(15-18-38-28)25(31)20-37-27-8-6-5-7-26(27)36-4/h5-12,15,18,21,25H,13-14,16-17,19-20H2,1-4H3. The van der Waals surface area contributed by atoms with Gasteiger partial charge in [-0.1, -0.05) is 26.0 Å². The van der Waals surface area contributed by atoms with Gasteiger partial charge in [0, 0.05) is 18.0 Å². The van der Waals surface area contributed by atoms with Crippen LogP contribution in [-0.2, 0) is 21.2 Å². The molecule has 1 aliphatic heterocycles. The molecule has 1 atom stereocenters. The molecule has 2 aromatic carbocycles. The van der Waals surface area contributed by atoms with Crippen LogP contribution in [0.2, 0.25) is 0 Å². The Bertz CT molecular complexity index is 1350. The van der Waals surface area contributed by atoms with Crippen LogP contribution >= 0.6 is 11.3 Å². The molecule has 8 nitrogen and oxygen atoms in total. The molecule has 1 unspecified atom stereocenters. The highest BCUT2D eigenvalue weighted by molar-refractivity contribution is 7.89. The number of methoxy groups -OCH3 is 2. The monoisotopic (exact) mass is 572 g/mol. The van der Waals surface area contributed by atoms with Gasteiger partial charge in [-0.3, -0.25) is 4.79 Å². The van der Waals surface area contributed by atoms with Crippen molar-refractivity contribution < 1.29 is 27.4 Å². The van der Waals surface area contributed by atoms with E-state index >= 15 is 0 Å². The van der Waals surface area contributed by atoms with E-state index < -0.39 is 10.0 Å². The molecular weight excluding hydrogens is 536 g/mol. The van der Waals surface area contributed by atoms with Gasteiger partial charge >= 0.3 is 0 Å². The summed E-state index contributed by atoms with van der Waals surface area (Å²) in [5, 5.41) is 2.03. The van der Waals surface area contributed by atoms with Crippen molar-refractivity contribution >= 4 is 27.3 Å². The van der Waals surface area contributed by atoms with E-state index in [9.17, 15) is 13.2 Å². The van der Waals surface area contributed by atoms with Crippen molar-refractivity contribution in [1.82, 2.24) is 9.21 Å². The first kappa shape index (κ1) is 28.9. The number of fused-ring (bicyclic) bond motifs is 1. The van der Waals surface area contributed by atoms with E-state index in [1.807, 2.05) is 49.6 Å². The Morgan fingerprint density at radius 1 is 1.05 bits per heavy atom. The van der Waals surface area contributed by atoms with E-state index in [-0.39, 0.29) is 42.5 Å². The van der Waals surface area contributed by atoms with Crippen molar-refractivity contribution in [2.45, 2.75) is 37.6 Å². The van der Waals surface area contributed by atoms with Crippen molar-refractivity contribution in [3.63, 3.8) is 0 Å². The number of hydrogen-bond donors (Lipinski definition) is 0. The largest absolute Gasteiger partial charge is 0.497 e. The molecule has 210 valence electrons. The van der Waals surface area contributed by atoms with Gasteiger partial charge in [0.2, 0.25) is 15.9 Å². The highest BCUT2D eigenvalue weighted by Crippen LogP contribution is 2.35. The summed E-state index contributed by atoms with van der Waals surface area (Å²) in [6.45, 7) is 4.80. The number of amides is 1. The fourth-order valence-electron chi connectivity index (χ4n) is 4.61. The molecule has 0 radical (unpaired) electrons. The Balaban J connectivity index is 1.58. The Morgan fingerprint density at radius 3 is 2.44 bits per heavy atom. The van der Waals surface area contributed by atoms with Gasteiger partial charge in [0.15, 0.2) is 11.5 Å². The number of nitrogens with zero attached hydrogens (tertiary/aromatic N) is 2. The summed E-state index contributed by atoms with van der Waals surface area (Å²) in [6, 6.07) is 15.3. The third-order valence-corrected chi connectivity index (χ3v) is 9.70. The Hall–Kier alpha value is -3.08. The van der Waals surface area contributed by atoms with E-state index in [1.165, 1.54) is 28.4 Å². The number of para-hydroxylation sites is 2. The average molecular weight is 573 g/mol. The van der Waals surface area contributed by atoms with Crippen LogP contribution < -0.4 is 14.2 Å². The molecule has 4 rings (SSSR count). The quantitative estimate of drug-likeness (QED) is 0.304. The first-order chi connectivity index (χ1) is 18.7. The lowest BCUT2D eigenvalue weighted by molar-refractivity contribution is -0.135. The molecule has 0 bridgehead atoms. The molecule has 1 aliphatic rings. The van der Waals surface area contributed by atoms with Gasteiger partial charge in [-0.15, -0.1) is 11.3 Å². The molecule has 3 aromatic rings. The molecule has 0 saturated heterocycles. The lowest BCUT2D eigenvalue weighted by Gasteiger charge is -2.37. The molecule has 2 heterocycles. The maximum atomic E-state index is 13.8. The summed E-state index contributed by atoms with van der Waals surface area (Å²) >= 11 is 1.67. The van der Waals surface area contributed by atoms with Crippen LogP contribution in [0.25, 0.3) is 0 Å². The Labute approximate surface area is 235 Å². The van der Waals surface area contributed by atoms with Gasteiger partial charge < -0.3 is 19.1 Å². The van der Waals surface area contributed by atoms with Crippen LogP contribution in [0, 0.1) is 5.92 Å². The lowest BCUT2D eigenvalue weighted by Crippen LogP contribution is -2.48. The molecule has 39 heavy (non-hydrogen) atoms. The van der Waals surface area contributed by atoms with E-state index in [4.69, 9.17) is 14.2 Å². The molecular formula is C29H36N2O6S2. The molecule has 1 amide bonds. The molecule has 10 heteroatoms. The number of sulfonamides is 1. The lowest BCUT2D eigenvalue weighted by atomic mass is 10.0. The molecule has 0 aliphatic carbocycles. The van der Waals surface area contributed by atoms with Gasteiger partial charge in [0.1, 0.15) is 12.4 Å². The molecule has 0 N–H and O–H groups in total. The van der Waals surface area contributed by atoms with Crippen molar-refractivity contribution in [1.29, 1.82) is 0 Å². The highest BCUT2D eigenvalue weighted by Gasteiger charge is 2.35. The minimum Gasteiger partial charge on any atom is -0.497 e. The SMILES string of the molecule is COc1ccc(S(=O)(=O)N(CCC(C)C)CC(=O)N2CCc3sccc3C2COc2ccccc2OC)cc1. The zero-order valence-corrected chi connectivity index (χ0v) is 24.5. The maximum absolute atomic E-state index is 13.8. The summed E-state index contributed by atoms with van der Waals surface area (Å²) in [4.78, 5) is 16.9. The number of ether oxygens (including phenoxy) is 3. The van der Waals surface area contributed by atoms with Crippen molar-refractivity contribution in [2.75, 3.05) is 40.5 Å². The Morgan fingerprint density at radius 2 is 1.77 bits per heavy atom. The van der Waals surface area contributed by atoms with E-state index in [0.29, 0.717) is 30.2 Å². The summed E-state index contributed by atoms with van der Waals surface area (Å²) in [5.74, 6) is 1.80. The zero-order chi connectivity index (χ0) is 28.0. The Kier molecular flexibility index (Phi) is 9.53. The maximum Gasteiger partial charge on any atom is 0.243 e. The second-order valence-electron chi connectivity index (χ2n) is 9.81. The van der Waals surface area contributed by atoms with Crippen LogP contribution in [0.3, 0.4) is 0 Å². The van der Waals surface area contributed by atoms with Crippen LogP contribution in [-0.4, -0.2) is 64.0 Å². The number of rotatable bonds is 12. The molecule has 0 fully saturated rings. The van der Waals surface area contributed by atoms with E-state index in [0.717, 1.165) is 12.0 Å². The van der Waals surface area contributed by atoms with Gasteiger partial charge in [-0.2, -0.15) is 4.31 Å². The van der Waals surface area contributed by atoms with Crippen molar-refractivity contribution in [3.05, 3.63) is 70.4 Å². The molecule has 0 saturated carbocycles. The average Bonchev–Trinajstić information content (AvgIpc) is 3.43. The summed E-state index contributed by atoms with van der Waals surface area (Å²) < 4.78 is 45.4. The minimum absolute atomic E-state index is 0.134. The first-order valence-electron chi connectivity index (χ1n) is 13.0. The molecule has 1 aromatic heterocycles.